The van der Waals surface area contributed by atoms with E-state index < -0.39 is 0 Å². The Hall–Kier alpha value is -0.790. The second-order valence-corrected chi connectivity index (χ2v) is 3.51. The van der Waals surface area contributed by atoms with E-state index in [9.17, 15) is 0 Å². The predicted molar refractivity (Wildman–Crippen MR) is 44.7 cm³/mol. The summed E-state index contributed by atoms with van der Waals surface area (Å²) >= 11 is 0. The van der Waals surface area contributed by atoms with Crippen LogP contribution in [0.4, 0.5) is 0 Å². The van der Waals surface area contributed by atoms with E-state index in [1.54, 1.807) is 0 Å². The Morgan fingerprint density at radius 1 is 1.55 bits per heavy atom. The molecule has 0 aromatic carbocycles. The Bertz CT molecular complexity index is 263. The largest absolute Gasteiger partial charge is 0.282 e. The van der Waals surface area contributed by atoms with Gasteiger partial charge in [0.05, 0.1) is 5.69 Å². The minimum atomic E-state index is 0.670. The number of rotatable bonds is 0. The molecule has 60 valence electrons. The first-order valence-corrected chi connectivity index (χ1v) is 4.33. The molecule has 0 radical (unpaired) electrons. The van der Waals surface area contributed by atoms with Crippen molar-refractivity contribution in [3.63, 3.8) is 0 Å². The third-order valence-electron chi connectivity index (χ3n) is 2.64. The summed E-state index contributed by atoms with van der Waals surface area (Å²) in [5, 5.41) is 7.37. The molecular formula is C9H14N2. The van der Waals surface area contributed by atoms with E-state index >= 15 is 0 Å². The Balaban J connectivity index is 2.46. The molecule has 1 aromatic rings. The van der Waals surface area contributed by atoms with E-state index in [0.29, 0.717) is 5.92 Å². The summed E-state index contributed by atoms with van der Waals surface area (Å²) in [5.41, 5.74) is 4.06. The molecule has 1 heterocycles. The minimum Gasteiger partial charge on any atom is -0.282 e. The van der Waals surface area contributed by atoms with Crippen LogP contribution in [0.1, 0.15) is 42.6 Å². The highest BCUT2D eigenvalue weighted by Crippen LogP contribution is 2.30. The van der Waals surface area contributed by atoms with Gasteiger partial charge in [-0.15, -0.1) is 0 Å². The van der Waals surface area contributed by atoms with Crippen LogP contribution in [0.3, 0.4) is 0 Å². The first-order valence-electron chi connectivity index (χ1n) is 4.33. The molecule has 2 heteroatoms. The highest BCUT2D eigenvalue weighted by Gasteiger charge is 2.20. The van der Waals surface area contributed by atoms with Crippen LogP contribution in [-0.2, 0) is 6.42 Å². The van der Waals surface area contributed by atoms with Crippen molar-refractivity contribution in [2.45, 2.75) is 39.0 Å². The van der Waals surface area contributed by atoms with Gasteiger partial charge in [-0.25, -0.2) is 0 Å². The highest BCUT2D eigenvalue weighted by atomic mass is 15.1. The molecule has 1 aliphatic carbocycles. The molecule has 1 N–H and O–H groups in total. The Kier molecular flexibility index (Phi) is 1.48. The fourth-order valence-electron chi connectivity index (χ4n) is 1.92. The number of nitrogens with zero attached hydrogens (tertiary/aromatic N) is 1. The molecule has 0 saturated heterocycles. The maximum absolute atomic E-state index is 4.31. The van der Waals surface area contributed by atoms with Crippen molar-refractivity contribution >= 4 is 0 Å². The number of fused-ring (bicyclic) bond motifs is 1. The SMILES string of the molecule is Cc1[nH]nc2c1CCC[C@@H]2C. The molecule has 2 nitrogen and oxygen atoms in total. The van der Waals surface area contributed by atoms with Gasteiger partial charge in [-0.05, 0) is 31.7 Å². The van der Waals surface area contributed by atoms with Crippen LogP contribution in [-0.4, -0.2) is 10.2 Å². The summed E-state index contributed by atoms with van der Waals surface area (Å²) in [6.45, 7) is 4.38. The van der Waals surface area contributed by atoms with Gasteiger partial charge in [0, 0.05) is 11.6 Å². The van der Waals surface area contributed by atoms with Crippen molar-refractivity contribution < 1.29 is 0 Å². The van der Waals surface area contributed by atoms with Crippen molar-refractivity contribution in [2.24, 2.45) is 0 Å². The number of aromatic amines is 1. The van der Waals surface area contributed by atoms with E-state index in [2.05, 4.69) is 24.0 Å². The maximum atomic E-state index is 4.31. The second kappa shape index (κ2) is 2.36. The van der Waals surface area contributed by atoms with Crippen molar-refractivity contribution in [3.05, 3.63) is 17.0 Å². The number of nitrogens with one attached hydrogen (secondary N) is 1. The van der Waals surface area contributed by atoms with E-state index in [4.69, 9.17) is 0 Å². The zero-order chi connectivity index (χ0) is 7.84. The zero-order valence-corrected chi connectivity index (χ0v) is 7.15. The zero-order valence-electron chi connectivity index (χ0n) is 7.15. The standard InChI is InChI=1S/C9H14N2/c1-6-4-3-5-8-7(2)10-11-9(6)8/h6H,3-5H2,1-2H3,(H,10,11)/t6-/m0/s1. The van der Waals surface area contributed by atoms with Gasteiger partial charge in [-0.3, -0.25) is 5.10 Å². The monoisotopic (exact) mass is 150 g/mol. The van der Waals surface area contributed by atoms with Crippen LogP contribution in [0.5, 0.6) is 0 Å². The molecule has 1 aliphatic rings. The first-order chi connectivity index (χ1) is 5.29. The summed E-state index contributed by atoms with van der Waals surface area (Å²) in [4.78, 5) is 0. The summed E-state index contributed by atoms with van der Waals surface area (Å²) in [5.74, 6) is 0.670. The molecular weight excluding hydrogens is 136 g/mol. The van der Waals surface area contributed by atoms with Crippen molar-refractivity contribution in [3.8, 4) is 0 Å². The molecule has 0 fully saturated rings. The lowest BCUT2D eigenvalue weighted by Gasteiger charge is -2.16. The molecule has 11 heavy (non-hydrogen) atoms. The quantitative estimate of drug-likeness (QED) is 0.603. The van der Waals surface area contributed by atoms with Gasteiger partial charge >= 0.3 is 0 Å². The number of H-pyrrole nitrogens is 1. The van der Waals surface area contributed by atoms with Crippen LogP contribution in [0.2, 0.25) is 0 Å². The molecule has 0 saturated carbocycles. The van der Waals surface area contributed by atoms with Crippen LogP contribution >= 0.6 is 0 Å². The molecule has 0 spiro atoms. The van der Waals surface area contributed by atoms with Crippen LogP contribution in [0, 0.1) is 6.92 Å². The van der Waals surface area contributed by atoms with E-state index in [1.165, 1.54) is 36.2 Å². The second-order valence-electron chi connectivity index (χ2n) is 3.51. The van der Waals surface area contributed by atoms with Crippen molar-refractivity contribution in [1.29, 1.82) is 0 Å². The molecule has 0 unspecified atom stereocenters. The lowest BCUT2D eigenvalue weighted by atomic mass is 9.88. The van der Waals surface area contributed by atoms with Gasteiger partial charge in [-0.1, -0.05) is 6.92 Å². The van der Waals surface area contributed by atoms with Gasteiger partial charge < -0.3 is 0 Å². The summed E-state index contributed by atoms with van der Waals surface area (Å²) in [7, 11) is 0. The van der Waals surface area contributed by atoms with Gasteiger partial charge in [0.25, 0.3) is 0 Å². The third kappa shape index (κ3) is 0.971. The third-order valence-corrected chi connectivity index (χ3v) is 2.64. The fraction of sp³-hybridized carbons (Fsp3) is 0.667. The highest BCUT2D eigenvalue weighted by molar-refractivity contribution is 5.29. The van der Waals surface area contributed by atoms with Crippen molar-refractivity contribution in [2.75, 3.05) is 0 Å². The lowest BCUT2D eigenvalue weighted by Crippen LogP contribution is -2.05. The smallest absolute Gasteiger partial charge is 0.0684 e. The molecule has 1 atom stereocenters. The molecule has 0 amide bonds. The van der Waals surface area contributed by atoms with Crippen LogP contribution < -0.4 is 0 Å². The fourth-order valence-corrected chi connectivity index (χ4v) is 1.92. The normalized spacial score (nSPS) is 23.3. The number of aryl methyl sites for hydroxylation is 1. The molecule has 2 rings (SSSR count). The van der Waals surface area contributed by atoms with Gasteiger partial charge in [0.1, 0.15) is 0 Å². The van der Waals surface area contributed by atoms with E-state index in [0.717, 1.165) is 0 Å². The number of hydrogen-bond donors (Lipinski definition) is 1. The average molecular weight is 150 g/mol. The van der Waals surface area contributed by atoms with Crippen LogP contribution in [0.15, 0.2) is 0 Å². The Morgan fingerprint density at radius 3 is 3.09 bits per heavy atom. The summed E-state index contributed by atoms with van der Waals surface area (Å²) in [6, 6.07) is 0. The number of hydrogen-bond acceptors (Lipinski definition) is 1. The van der Waals surface area contributed by atoms with Gasteiger partial charge in [0.15, 0.2) is 0 Å². The number of aromatic nitrogens is 2. The summed E-state index contributed by atoms with van der Waals surface area (Å²) in [6.07, 6.45) is 3.86. The topological polar surface area (TPSA) is 28.7 Å². The Morgan fingerprint density at radius 2 is 2.36 bits per heavy atom. The van der Waals surface area contributed by atoms with Crippen molar-refractivity contribution in [1.82, 2.24) is 10.2 Å². The van der Waals surface area contributed by atoms with E-state index in [-0.39, 0.29) is 0 Å². The van der Waals surface area contributed by atoms with Crippen LogP contribution in [0.25, 0.3) is 0 Å². The predicted octanol–water partition coefficient (Wildman–Crippen LogP) is 2.16. The first kappa shape index (κ1) is 6.89. The molecule has 0 bridgehead atoms. The lowest BCUT2D eigenvalue weighted by molar-refractivity contribution is 0.577. The van der Waals surface area contributed by atoms with E-state index in [1.807, 2.05) is 0 Å². The summed E-state index contributed by atoms with van der Waals surface area (Å²) < 4.78 is 0. The minimum absolute atomic E-state index is 0.670. The Labute approximate surface area is 67.0 Å². The average Bonchev–Trinajstić information content (AvgIpc) is 2.35. The van der Waals surface area contributed by atoms with Gasteiger partial charge in [-0.2, -0.15) is 5.10 Å². The van der Waals surface area contributed by atoms with Gasteiger partial charge in [0.2, 0.25) is 0 Å². The molecule has 1 aromatic heterocycles. The maximum Gasteiger partial charge on any atom is 0.0684 e. The molecule has 0 aliphatic heterocycles.